The van der Waals surface area contributed by atoms with E-state index in [0.29, 0.717) is 6.42 Å². The summed E-state index contributed by atoms with van der Waals surface area (Å²) in [4.78, 5) is 0. The molecule has 5 heteroatoms. The molecule has 0 aliphatic heterocycles. The summed E-state index contributed by atoms with van der Waals surface area (Å²) in [5, 5.41) is 15.4. The van der Waals surface area contributed by atoms with E-state index in [9.17, 15) is 5.11 Å². The van der Waals surface area contributed by atoms with Gasteiger partial charge in [-0.1, -0.05) is 30.3 Å². The summed E-state index contributed by atoms with van der Waals surface area (Å²) in [7, 11) is 0. The monoisotopic (exact) mass is 337 g/mol. The van der Waals surface area contributed by atoms with Gasteiger partial charge in [-0.3, -0.25) is 4.68 Å². The first-order chi connectivity index (χ1) is 9.51. The van der Waals surface area contributed by atoms with Gasteiger partial charge < -0.3 is 10.8 Å². The van der Waals surface area contributed by atoms with Crippen molar-refractivity contribution in [1.82, 2.24) is 9.78 Å². The third-order valence-electron chi connectivity index (χ3n) is 3.56. The van der Waals surface area contributed by atoms with Crippen molar-refractivity contribution in [3.05, 3.63) is 51.8 Å². The fourth-order valence-corrected chi connectivity index (χ4v) is 2.78. The molecule has 3 N–H and O–H groups in total. The highest BCUT2D eigenvalue weighted by Crippen LogP contribution is 2.30. The Balaban J connectivity index is 2.41. The molecular formula is C15H20BrN3O. The number of rotatable bonds is 5. The molecule has 0 saturated carbocycles. The zero-order valence-corrected chi connectivity index (χ0v) is 13.4. The summed E-state index contributed by atoms with van der Waals surface area (Å²) in [5.74, 6) is 0. The summed E-state index contributed by atoms with van der Waals surface area (Å²) in [5.41, 5.74) is 7.49. The Bertz CT molecular complexity index is 582. The number of hydrogen-bond acceptors (Lipinski definition) is 3. The predicted molar refractivity (Wildman–Crippen MR) is 83.4 cm³/mol. The highest BCUT2D eigenvalue weighted by Gasteiger charge is 2.31. The van der Waals surface area contributed by atoms with Crippen molar-refractivity contribution in [1.29, 1.82) is 0 Å². The minimum Gasteiger partial charge on any atom is -0.383 e. The minimum absolute atomic E-state index is 0.164. The lowest BCUT2D eigenvalue weighted by molar-refractivity contribution is 0.0440. The van der Waals surface area contributed by atoms with Gasteiger partial charge in [-0.05, 0) is 35.3 Å². The van der Waals surface area contributed by atoms with Crippen LogP contribution in [0.2, 0.25) is 0 Å². The van der Waals surface area contributed by atoms with Crippen molar-refractivity contribution in [3.8, 4) is 0 Å². The summed E-state index contributed by atoms with van der Waals surface area (Å²) >= 11 is 3.56. The maximum absolute atomic E-state index is 10.9. The van der Waals surface area contributed by atoms with E-state index in [1.54, 1.807) is 0 Å². The molecule has 0 saturated heterocycles. The number of benzene rings is 1. The van der Waals surface area contributed by atoms with E-state index in [4.69, 9.17) is 5.73 Å². The molecule has 4 nitrogen and oxygen atoms in total. The van der Waals surface area contributed by atoms with Crippen molar-refractivity contribution < 1.29 is 5.11 Å². The van der Waals surface area contributed by atoms with Crippen LogP contribution in [0.25, 0.3) is 0 Å². The summed E-state index contributed by atoms with van der Waals surface area (Å²) in [6, 6.07) is 9.55. The maximum Gasteiger partial charge on any atom is 0.107 e. The molecule has 2 aromatic rings. The second-order valence-electron chi connectivity index (χ2n) is 4.94. The van der Waals surface area contributed by atoms with Crippen molar-refractivity contribution in [2.45, 2.75) is 32.4 Å². The Morgan fingerprint density at radius 1 is 1.35 bits per heavy atom. The van der Waals surface area contributed by atoms with E-state index in [1.165, 1.54) is 0 Å². The van der Waals surface area contributed by atoms with Crippen LogP contribution in [0.3, 0.4) is 0 Å². The molecule has 1 atom stereocenters. The van der Waals surface area contributed by atoms with E-state index in [0.717, 1.165) is 28.0 Å². The van der Waals surface area contributed by atoms with Crippen molar-refractivity contribution >= 4 is 15.9 Å². The van der Waals surface area contributed by atoms with Gasteiger partial charge in [0.05, 0.1) is 15.9 Å². The number of nitrogens with two attached hydrogens (primary N) is 1. The number of aliphatic hydroxyl groups is 1. The molecule has 2 rings (SSSR count). The molecule has 1 aromatic carbocycles. The predicted octanol–water partition coefficient (Wildman–Crippen LogP) is 2.36. The molecule has 0 aliphatic rings. The lowest BCUT2D eigenvalue weighted by atomic mass is 9.89. The van der Waals surface area contributed by atoms with Gasteiger partial charge in [-0.25, -0.2) is 0 Å². The molecule has 108 valence electrons. The first kappa shape index (κ1) is 15.2. The third kappa shape index (κ3) is 2.80. The van der Waals surface area contributed by atoms with Crippen LogP contribution < -0.4 is 5.73 Å². The van der Waals surface area contributed by atoms with Crippen LogP contribution in [-0.4, -0.2) is 21.4 Å². The largest absolute Gasteiger partial charge is 0.383 e. The lowest BCUT2D eigenvalue weighted by Gasteiger charge is -2.27. The summed E-state index contributed by atoms with van der Waals surface area (Å²) in [6.07, 6.45) is 0.433. The average Bonchev–Trinajstić information content (AvgIpc) is 2.75. The zero-order chi connectivity index (χ0) is 14.8. The van der Waals surface area contributed by atoms with E-state index in [2.05, 4.69) is 21.0 Å². The second kappa shape index (κ2) is 6.08. The first-order valence-electron chi connectivity index (χ1n) is 6.71. The Morgan fingerprint density at radius 2 is 2.00 bits per heavy atom. The molecule has 1 unspecified atom stereocenters. The van der Waals surface area contributed by atoms with Gasteiger partial charge in [0.1, 0.15) is 5.60 Å². The summed E-state index contributed by atoms with van der Waals surface area (Å²) < 4.78 is 2.85. The van der Waals surface area contributed by atoms with Crippen molar-refractivity contribution in [2.24, 2.45) is 5.73 Å². The van der Waals surface area contributed by atoms with Crippen LogP contribution in [0.15, 0.2) is 34.8 Å². The van der Waals surface area contributed by atoms with Gasteiger partial charge in [0, 0.05) is 19.5 Å². The molecule has 0 bridgehead atoms. The van der Waals surface area contributed by atoms with Gasteiger partial charge in [0.15, 0.2) is 0 Å². The second-order valence-corrected chi connectivity index (χ2v) is 5.73. The number of halogens is 1. The fourth-order valence-electron chi connectivity index (χ4n) is 2.36. The van der Waals surface area contributed by atoms with Crippen LogP contribution in [0.1, 0.15) is 23.9 Å². The highest BCUT2D eigenvalue weighted by atomic mass is 79.9. The normalized spacial score (nSPS) is 14.2. The van der Waals surface area contributed by atoms with E-state index >= 15 is 0 Å². The molecular weight excluding hydrogens is 318 g/mol. The standard InChI is InChI=1S/C15H20BrN3O/c1-3-19-13(14(16)11(2)18-19)9-15(20,10-17)12-7-5-4-6-8-12/h4-8,20H,3,9-10,17H2,1-2H3. The van der Waals surface area contributed by atoms with Crippen LogP contribution in [0, 0.1) is 6.92 Å². The van der Waals surface area contributed by atoms with Crippen LogP contribution >= 0.6 is 15.9 Å². The van der Waals surface area contributed by atoms with E-state index < -0.39 is 5.60 Å². The average molecular weight is 338 g/mol. The Labute approximate surface area is 127 Å². The van der Waals surface area contributed by atoms with Gasteiger partial charge >= 0.3 is 0 Å². The SMILES string of the molecule is CCn1nc(C)c(Br)c1CC(O)(CN)c1ccccc1. The van der Waals surface area contributed by atoms with E-state index in [-0.39, 0.29) is 6.54 Å². The lowest BCUT2D eigenvalue weighted by Crippen LogP contribution is -2.38. The minimum atomic E-state index is -1.08. The zero-order valence-electron chi connectivity index (χ0n) is 11.8. The van der Waals surface area contributed by atoms with Gasteiger partial charge in [0.25, 0.3) is 0 Å². The Hall–Kier alpha value is -1.17. The van der Waals surface area contributed by atoms with Gasteiger partial charge in [0.2, 0.25) is 0 Å². The van der Waals surface area contributed by atoms with E-state index in [1.807, 2.05) is 48.9 Å². The summed E-state index contributed by atoms with van der Waals surface area (Å²) in [6.45, 7) is 4.91. The molecule has 0 fully saturated rings. The maximum atomic E-state index is 10.9. The topological polar surface area (TPSA) is 64.1 Å². The van der Waals surface area contributed by atoms with Crippen molar-refractivity contribution in [2.75, 3.05) is 6.54 Å². The first-order valence-corrected chi connectivity index (χ1v) is 7.51. The molecule has 1 aromatic heterocycles. The Morgan fingerprint density at radius 3 is 2.55 bits per heavy atom. The van der Waals surface area contributed by atoms with Crippen LogP contribution in [-0.2, 0) is 18.6 Å². The number of aryl methyl sites for hydroxylation is 2. The number of nitrogens with zero attached hydrogens (tertiary/aromatic N) is 2. The van der Waals surface area contributed by atoms with Gasteiger partial charge in [-0.2, -0.15) is 5.10 Å². The number of aromatic nitrogens is 2. The molecule has 0 radical (unpaired) electrons. The molecule has 20 heavy (non-hydrogen) atoms. The molecule has 0 amide bonds. The highest BCUT2D eigenvalue weighted by molar-refractivity contribution is 9.10. The van der Waals surface area contributed by atoms with Crippen LogP contribution in [0.4, 0.5) is 0 Å². The van der Waals surface area contributed by atoms with Crippen LogP contribution in [0.5, 0.6) is 0 Å². The molecule has 0 aliphatic carbocycles. The third-order valence-corrected chi connectivity index (χ3v) is 4.59. The Kier molecular flexibility index (Phi) is 4.62. The number of hydrogen-bond donors (Lipinski definition) is 2. The quantitative estimate of drug-likeness (QED) is 0.880. The molecule has 0 spiro atoms. The van der Waals surface area contributed by atoms with Crippen molar-refractivity contribution in [3.63, 3.8) is 0 Å². The van der Waals surface area contributed by atoms with Gasteiger partial charge in [-0.15, -0.1) is 0 Å². The smallest absolute Gasteiger partial charge is 0.107 e. The fraction of sp³-hybridized carbons (Fsp3) is 0.400. The molecule has 1 heterocycles.